The van der Waals surface area contributed by atoms with Gasteiger partial charge in [-0.1, -0.05) is 84.7 Å². The van der Waals surface area contributed by atoms with Gasteiger partial charge < -0.3 is 0 Å². The van der Waals surface area contributed by atoms with E-state index in [9.17, 15) is 0 Å². The van der Waals surface area contributed by atoms with Gasteiger partial charge in [0.15, 0.2) is 0 Å². The summed E-state index contributed by atoms with van der Waals surface area (Å²) in [6.07, 6.45) is 29.5. The van der Waals surface area contributed by atoms with Gasteiger partial charge in [-0.25, -0.2) is 0 Å². The molecule has 6 rings (SSSR count). The Hall–Kier alpha value is -1.84. The summed E-state index contributed by atoms with van der Waals surface area (Å²) in [7, 11) is 0. The van der Waals surface area contributed by atoms with E-state index in [1.165, 1.54) is 51.4 Å². The van der Waals surface area contributed by atoms with E-state index < -0.39 is 0 Å². The Morgan fingerprint density at radius 2 is 0.750 bits per heavy atom. The minimum Gasteiger partial charge on any atom is -0.275 e. The van der Waals surface area contributed by atoms with Gasteiger partial charge in [0, 0.05) is 47.8 Å². The summed E-state index contributed by atoms with van der Waals surface area (Å²) in [4.78, 5) is 0. The number of nitrogens with zero attached hydrogens (tertiary/aromatic N) is 4. The number of hydrogen-bond donors (Lipinski definition) is 0. The Morgan fingerprint density at radius 1 is 0.464 bits per heavy atom. The molecule has 2 saturated carbocycles. The number of allylic oxidation sites excluding steroid dienone is 4. The Balaban J connectivity index is 1.23. The minimum atomic E-state index is 0.287. The fraction of sp³-hybridized carbons (Fsp3) is 0.667. The lowest BCUT2D eigenvalue weighted by molar-refractivity contribution is 0.131. The van der Waals surface area contributed by atoms with Gasteiger partial charge in [0.2, 0.25) is 0 Å². The highest BCUT2D eigenvalue weighted by Crippen LogP contribution is 2.60. The standard InChI is InChI=1S/C24H32N4/c1-2-10-22-12-4-3-11-21(22,9-1)17-27(18-22)25-26-28-19-23-13-5-6-14-24(23,20-28)16-8-7-15-23/h1-2,5-6,9-10,13-14H,3-4,7-8,11-12,15-20H2. The molecule has 2 saturated heterocycles. The predicted octanol–water partition coefficient (Wildman–Crippen LogP) is 5.25. The Labute approximate surface area is 168 Å². The van der Waals surface area contributed by atoms with Crippen LogP contribution in [0.2, 0.25) is 0 Å². The molecule has 0 N–H and O–H groups in total. The lowest BCUT2D eigenvalue weighted by Gasteiger charge is -2.46. The maximum Gasteiger partial charge on any atom is 0.0478 e. The van der Waals surface area contributed by atoms with E-state index in [0.29, 0.717) is 0 Å². The molecule has 2 heterocycles. The summed E-state index contributed by atoms with van der Waals surface area (Å²) in [5.41, 5.74) is 1.15. The highest BCUT2D eigenvalue weighted by Gasteiger charge is 2.58. The molecule has 0 aromatic rings. The number of rotatable bonds is 2. The predicted molar refractivity (Wildman–Crippen MR) is 111 cm³/mol. The van der Waals surface area contributed by atoms with Crippen LogP contribution in [0.1, 0.15) is 51.4 Å². The third kappa shape index (κ3) is 2.18. The van der Waals surface area contributed by atoms with Crippen molar-refractivity contribution in [1.29, 1.82) is 0 Å². The first-order valence-electron chi connectivity index (χ1n) is 11.3. The molecule has 0 bridgehead atoms. The van der Waals surface area contributed by atoms with E-state index in [1.807, 2.05) is 0 Å². The first-order chi connectivity index (χ1) is 13.7. The molecule has 0 spiro atoms. The highest BCUT2D eigenvalue weighted by molar-refractivity contribution is 5.31. The van der Waals surface area contributed by atoms with Crippen LogP contribution in [-0.4, -0.2) is 36.2 Å². The molecule has 4 unspecified atom stereocenters. The normalized spacial score (nSPS) is 46.0. The van der Waals surface area contributed by atoms with Gasteiger partial charge in [-0.3, -0.25) is 10.0 Å². The topological polar surface area (TPSA) is 31.2 Å². The molecular formula is C24H32N4. The molecular weight excluding hydrogens is 344 g/mol. The van der Waals surface area contributed by atoms with Crippen molar-refractivity contribution >= 4 is 0 Å². The van der Waals surface area contributed by atoms with E-state index in [4.69, 9.17) is 10.4 Å². The summed E-state index contributed by atoms with van der Waals surface area (Å²) in [6, 6.07) is 0. The van der Waals surface area contributed by atoms with E-state index >= 15 is 0 Å². The van der Waals surface area contributed by atoms with Crippen LogP contribution in [0, 0.1) is 21.7 Å². The smallest absolute Gasteiger partial charge is 0.0478 e. The van der Waals surface area contributed by atoms with Crippen LogP contribution in [0.5, 0.6) is 0 Å². The molecule has 4 nitrogen and oxygen atoms in total. The van der Waals surface area contributed by atoms with Crippen LogP contribution in [0.4, 0.5) is 0 Å². The van der Waals surface area contributed by atoms with Gasteiger partial charge in [0.25, 0.3) is 0 Å². The summed E-state index contributed by atoms with van der Waals surface area (Å²) >= 11 is 0. The maximum absolute atomic E-state index is 4.82. The number of hydrogen-bond acceptors (Lipinski definition) is 2. The average molecular weight is 377 g/mol. The quantitative estimate of drug-likeness (QED) is 0.617. The average Bonchev–Trinajstić information content (AvgIpc) is 3.25. The lowest BCUT2D eigenvalue weighted by Crippen LogP contribution is -2.42. The van der Waals surface area contributed by atoms with Crippen molar-refractivity contribution in [2.75, 3.05) is 26.2 Å². The fourth-order valence-corrected chi connectivity index (χ4v) is 7.52. The molecule has 0 aromatic heterocycles. The van der Waals surface area contributed by atoms with Crippen LogP contribution in [0.25, 0.3) is 0 Å². The van der Waals surface area contributed by atoms with E-state index in [0.717, 1.165) is 26.2 Å². The van der Waals surface area contributed by atoms with E-state index in [1.54, 1.807) is 0 Å². The fourth-order valence-electron chi connectivity index (χ4n) is 7.52. The second-order valence-corrected chi connectivity index (χ2v) is 10.3. The van der Waals surface area contributed by atoms with Crippen LogP contribution in [-0.2, 0) is 0 Å². The first kappa shape index (κ1) is 17.1. The van der Waals surface area contributed by atoms with E-state index in [2.05, 4.69) is 58.6 Å². The Kier molecular flexibility index (Phi) is 3.56. The van der Waals surface area contributed by atoms with Gasteiger partial charge in [-0.15, -0.1) is 0 Å². The molecule has 2 aliphatic heterocycles. The SMILES string of the molecule is C1=CC23CCCCC2(C=C1)CN(N=NN1CC24C=CC=CC2(CCCC4)C1)C3. The van der Waals surface area contributed by atoms with Crippen LogP contribution >= 0.6 is 0 Å². The van der Waals surface area contributed by atoms with Crippen molar-refractivity contribution in [2.45, 2.75) is 51.4 Å². The van der Waals surface area contributed by atoms with Crippen molar-refractivity contribution in [2.24, 2.45) is 32.1 Å². The third-order valence-electron chi connectivity index (χ3n) is 9.01. The largest absolute Gasteiger partial charge is 0.275 e. The van der Waals surface area contributed by atoms with Gasteiger partial charge in [-0.05, 0) is 25.7 Å². The first-order valence-corrected chi connectivity index (χ1v) is 11.3. The molecule has 0 amide bonds. The summed E-state index contributed by atoms with van der Waals surface area (Å²) < 4.78 is 0. The van der Waals surface area contributed by atoms with Gasteiger partial charge in [-0.2, -0.15) is 0 Å². The maximum atomic E-state index is 4.82. The monoisotopic (exact) mass is 376 g/mol. The van der Waals surface area contributed by atoms with Crippen molar-refractivity contribution in [1.82, 2.24) is 10.0 Å². The lowest BCUT2D eigenvalue weighted by atomic mass is 9.56. The van der Waals surface area contributed by atoms with Gasteiger partial charge >= 0.3 is 0 Å². The molecule has 4 atom stereocenters. The Morgan fingerprint density at radius 3 is 1.04 bits per heavy atom. The van der Waals surface area contributed by atoms with Crippen molar-refractivity contribution < 1.29 is 0 Å². The molecule has 4 aliphatic carbocycles. The van der Waals surface area contributed by atoms with Gasteiger partial charge in [0.1, 0.15) is 0 Å². The van der Waals surface area contributed by atoms with E-state index in [-0.39, 0.29) is 21.7 Å². The summed E-state index contributed by atoms with van der Waals surface area (Å²) in [5.74, 6) is 0. The van der Waals surface area contributed by atoms with Gasteiger partial charge in [0.05, 0.1) is 0 Å². The van der Waals surface area contributed by atoms with Crippen molar-refractivity contribution in [3.05, 3.63) is 48.6 Å². The van der Waals surface area contributed by atoms with Crippen LogP contribution < -0.4 is 0 Å². The molecule has 28 heavy (non-hydrogen) atoms. The van der Waals surface area contributed by atoms with Crippen molar-refractivity contribution in [3.8, 4) is 0 Å². The zero-order valence-corrected chi connectivity index (χ0v) is 16.9. The molecule has 0 aromatic carbocycles. The van der Waals surface area contributed by atoms with Crippen molar-refractivity contribution in [3.63, 3.8) is 0 Å². The minimum absolute atomic E-state index is 0.287. The third-order valence-corrected chi connectivity index (χ3v) is 9.01. The second-order valence-electron chi connectivity index (χ2n) is 10.3. The second kappa shape index (κ2) is 5.84. The molecule has 4 fully saturated rings. The highest BCUT2D eigenvalue weighted by atomic mass is 15.7. The Bertz CT molecular complexity index is 683. The summed E-state index contributed by atoms with van der Waals surface area (Å²) in [5, 5.41) is 14.2. The molecule has 0 radical (unpaired) electrons. The van der Waals surface area contributed by atoms with Crippen LogP contribution in [0.3, 0.4) is 0 Å². The zero-order chi connectivity index (χ0) is 18.7. The molecule has 6 aliphatic rings. The molecule has 148 valence electrons. The van der Waals surface area contributed by atoms with Crippen LogP contribution in [0.15, 0.2) is 59.1 Å². The molecule has 4 heteroatoms. The summed E-state index contributed by atoms with van der Waals surface area (Å²) in [6.45, 7) is 4.12. The zero-order valence-electron chi connectivity index (χ0n) is 16.9.